The smallest absolute Gasteiger partial charge is 0.316 e. The number of aromatic amines is 1. The van der Waals surface area contributed by atoms with E-state index >= 15 is 0 Å². The summed E-state index contributed by atoms with van der Waals surface area (Å²) in [4.78, 5) is 43.6. The Morgan fingerprint density at radius 3 is 2.69 bits per heavy atom. The van der Waals surface area contributed by atoms with Crippen LogP contribution in [0.5, 0.6) is 0 Å². The number of hydrogen-bond donors (Lipinski definition) is 4. The average Bonchev–Trinajstić information content (AvgIpc) is 3.26. The second-order valence-corrected chi connectivity index (χ2v) is 8.30. The lowest BCUT2D eigenvalue weighted by molar-refractivity contribution is -0.132. The Kier molecular flexibility index (Phi) is 6.00. The Balaban J connectivity index is 1.48. The Morgan fingerprint density at radius 1 is 1.22 bits per heavy atom. The fourth-order valence-corrected chi connectivity index (χ4v) is 4.12. The van der Waals surface area contributed by atoms with Gasteiger partial charge < -0.3 is 31.2 Å². The van der Waals surface area contributed by atoms with Crippen LogP contribution in [0.2, 0.25) is 0 Å². The van der Waals surface area contributed by atoms with Crippen LogP contribution in [0, 0.1) is 6.92 Å². The van der Waals surface area contributed by atoms with E-state index in [1.165, 1.54) is 0 Å². The molecule has 1 fully saturated rings. The summed E-state index contributed by atoms with van der Waals surface area (Å²) in [6.07, 6.45) is 4.81. The number of aryl methyl sites for hydroxylation is 1. The van der Waals surface area contributed by atoms with Crippen molar-refractivity contribution in [2.75, 3.05) is 43.9 Å². The van der Waals surface area contributed by atoms with E-state index in [2.05, 4.69) is 27.6 Å². The fourth-order valence-electron chi connectivity index (χ4n) is 4.12. The lowest BCUT2D eigenvalue weighted by Crippen LogP contribution is -2.47. The zero-order valence-electron chi connectivity index (χ0n) is 18.3. The standard InChI is InChI=1S/C23H28N6O3/c1-14-15(3-6-21(30)29-9-7-28(2)8-10-29)13-25-20(14)12-18-17-11-16(26-23(24)32)4-5-19(17)27-22(18)31/h4-5,11-13,25H,3,6-10H2,1-2H3,(H,27,31)(H3,24,26,32). The van der Waals surface area contributed by atoms with Gasteiger partial charge in [-0.3, -0.25) is 9.59 Å². The van der Waals surface area contributed by atoms with E-state index in [0.29, 0.717) is 35.4 Å². The van der Waals surface area contributed by atoms with Crippen LogP contribution >= 0.6 is 0 Å². The first kappa shape index (κ1) is 21.6. The number of anilines is 2. The van der Waals surface area contributed by atoms with Crippen molar-refractivity contribution in [3.8, 4) is 0 Å². The van der Waals surface area contributed by atoms with Crippen LogP contribution in [-0.2, 0) is 16.0 Å². The highest BCUT2D eigenvalue weighted by molar-refractivity contribution is 6.35. The molecule has 2 aliphatic heterocycles. The zero-order chi connectivity index (χ0) is 22.8. The summed E-state index contributed by atoms with van der Waals surface area (Å²) in [5.74, 6) is -0.0331. The van der Waals surface area contributed by atoms with Crippen LogP contribution in [-0.4, -0.2) is 65.9 Å². The molecule has 0 spiro atoms. The van der Waals surface area contributed by atoms with Gasteiger partial charge in [-0.25, -0.2) is 4.79 Å². The third-order valence-electron chi connectivity index (χ3n) is 6.11. The Bertz CT molecular complexity index is 1100. The number of fused-ring (bicyclic) bond motifs is 1. The quantitative estimate of drug-likeness (QED) is 0.535. The second-order valence-electron chi connectivity index (χ2n) is 8.30. The summed E-state index contributed by atoms with van der Waals surface area (Å²) >= 11 is 0. The molecule has 9 nitrogen and oxygen atoms in total. The predicted molar refractivity (Wildman–Crippen MR) is 124 cm³/mol. The van der Waals surface area contributed by atoms with Gasteiger partial charge in [-0.15, -0.1) is 0 Å². The summed E-state index contributed by atoms with van der Waals surface area (Å²) in [7, 11) is 2.07. The summed E-state index contributed by atoms with van der Waals surface area (Å²) < 4.78 is 0. The van der Waals surface area contributed by atoms with Crippen LogP contribution in [0.1, 0.15) is 28.8 Å². The van der Waals surface area contributed by atoms with Gasteiger partial charge in [0.25, 0.3) is 5.91 Å². The molecule has 3 heterocycles. The number of nitrogens with zero attached hydrogens (tertiary/aromatic N) is 2. The van der Waals surface area contributed by atoms with Crippen molar-refractivity contribution in [1.29, 1.82) is 0 Å². The maximum atomic E-state index is 12.6. The molecule has 1 aromatic heterocycles. The fraction of sp³-hybridized carbons (Fsp3) is 0.348. The first-order chi connectivity index (χ1) is 15.3. The molecule has 9 heteroatoms. The van der Waals surface area contributed by atoms with Gasteiger partial charge in [-0.1, -0.05) is 0 Å². The zero-order valence-corrected chi connectivity index (χ0v) is 18.3. The van der Waals surface area contributed by atoms with Crippen LogP contribution < -0.4 is 16.4 Å². The molecule has 2 aromatic rings. The Hall–Kier alpha value is -3.59. The average molecular weight is 437 g/mol. The number of hydrogen-bond acceptors (Lipinski definition) is 4. The summed E-state index contributed by atoms with van der Waals surface area (Å²) in [5, 5.41) is 5.37. The number of nitrogens with one attached hydrogen (secondary N) is 3. The molecule has 1 aromatic carbocycles. The van der Waals surface area contributed by atoms with Crippen molar-refractivity contribution >= 4 is 40.9 Å². The van der Waals surface area contributed by atoms with Crippen molar-refractivity contribution < 1.29 is 14.4 Å². The molecular weight excluding hydrogens is 408 g/mol. The number of benzene rings is 1. The number of carbonyl (C=O) groups is 3. The molecular formula is C23H28N6O3. The van der Waals surface area contributed by atoms with Gasteiger partial charge in [0.1, 0.15) is 0 Å². The van der Waals surface area contributed by atoms with Gasteiger partial charge in [0.15, 0.2) is 0 Å². The number of rotatable bonds is 5. The van der Waals surface area contributed by atoms with Crippen LogP contribution in [0.3, 0.4) is 0 Å². The number of primary amides is 1. The maximum Gasteiger partial charge on any atom is 0.316 e. The maximum absolute atomic E-state index is 12.6. The number of urea groups is 1. The highest BCUT2D eigenvalue weighted by Crippen LogP contribution is 2.35. The van der Waals surface area contributed by atoms with Crippen molar-refractivity contribution in [3.05, 3.63) is 46.8 Å². The molecule has 0 atom stereocenters. The molecule has 4 rings (SSSR count). The van der Waals surface area contributed by atoms with E-state index in [9.17, 15) is 14.4 Å². The van der Waals surface area contributed by atoms with Crippen molar-refractivity contribution in [2.45, 2.75) is 19.8 Å². The van der Waals surface area contributed by atoms with Gasteiger partial charge in [-0.05, 0) is 55.8 Å². The third kappa shape index (κ3) is 4.52. The minimum atomic E-state index is -0.663. The topological polar surface area (TPSA) is 124 Å². The van der Waals surface area contributed by atoms with Crippen LogP contribution in [0.15, 0.2) is 24.4 Å². The van der Waals surface area contributed by atoms with Gasteiger partial charge in [-0.2, -0.15) is 0 Å². The third-order valence-corrected chi connectivity index (χ3v) is 6.11. The Labute approximate surface area is 186 Å². The first-order valence-electron chi connectivity index (χ1n) is 10.7. The van der Waals surface area contributed by atoms with Crippen LogP contribution in [0.25, 0.3) is 11.6 Å². The highest BCUT2D eigenvalue weighted by Gasteiger charge is 2.25. The molecule has 5 N–H and O–H groups in total. The van der Waals surface area contributed by atoms with E-state index in [4.69, 9.17) is 5.73 Å². The number of aromatic nitrogens is 1. The number of amides is 4. The lowest BCUT2D eigenvalue weighted by atomic mass is 10.0. The molecule has 0 saturated carbocycles. The number of piperazine rings is 1. The monoisotopic (exact) mass is 436 g/mol. The minimum Gasteiger partial charge on any atom is -0.361 e. The summed E-state index contributed by atoms with van der Waals surface area (Å²) in [5.41, 5.74) is 10.5. The number of likely N-dealkylation sites (N-methyl/N-ethyl adjacent to an activating group) is 1. The summed E-state index contributed by atoms with van der Waals surface area (Å²) in [6, 6.07) is 4.47. The van der Waals surface area contributed by atoms with E-state index in [0.717, 1.165) is 43.0 Å². The molecule has 0 radical (unpaired) electrons. The Morgan fingerprint density at radius 2 is 1.97 bits per heavy atom. The van der Waals surface area contributed by atoms with Gasteiger partial charge >= 0.3 is 6.03 Å². The number of nitrogens with two attached hydrogens (primary N) is 1. The van der Waals surface area contributed by atoms with Gasteiger partial charge in [0.05, 0.1) is 5.57 Å². The molecule has 32 heavy (non-hydrogen) atoms. The van der Waals surface area contributed by atoms with E-state index in [1.807, 2.05) is 18.0 Å². The SMILES string of the molecule is Cc1c(CCC(=O)N2CCN(C)CC2)c[nH]c1C=C1C(=O)Nc2ccc(NC(N)=O)cc21. The number of H-pyrrole nitrogens is 1. The first-order valence-corrected chi connectivity index (χ1v) is 10.7. The molecule has 1 saturated heterocycles. The molecule has 0 bridgehead atoms. The molecule has 0 unspecified atom stereocenters. The van der Waals surface area contributed by atoms with Gasteiger partial charge in [0.2, 0.25) is 5.91 Å². The minimum absolute atomic E-state index is 0.178. The van der Waals surface area contributed by atoms with E-state index in [-0.39, 0.29) is 11.8 Å². The van der Waals surface area contributed by atoms with Gasteiger partial charge in [0, 0.05) is 61.4 Å². The van der Waals surface area contributed by atoms with Crippen molar-refractivity contribution in [2.24, 2.45) is 5.73 Å². The normalized spacial score (nSPS) is 17.4. The molecule has 0 aliphatic carbocycles. The number of carbonyl (C=O) groups excluding carboxylic acids is 3. The van der Waals surface area contributed by atoms with E-state index < -0.39 is 6.03 Å². The lowest BCUT2D eigenvalue weighted by Gasteiger charge is -2.32. The van der Waals surface area contributed by atoms with Crippen molar-refractivity contribution in [3.63, 3.8) is 0 Å². The van der Waals surface area contributed by atoms with Crippen molar-refractivity contribution in [1.82, 2.24) is 14.8 Å². The molecule has 168 valence electrons. The largest absolute Gasteiger partial charge is 0.361 e. The highest BCUT2D eigenvalue weighted by atomic mass is 16.2. The van der Waals surface area contributed by atoms with E-state index in [1.54, 1.807) is 24.3 Å². The molecule has 2 aliphatic rings. The summed E-state index contributed by atoms with van der Waals surface area (Å²) in [6.45, 7) is 5.36. The van der Waals surface area contributed by atoms with Crippen LogP contribution in [0.4, 0.5) is 16.2 Å². The molecule has 4 amide bonds. The predicted octanol–water partition coefficient (Wildman–Crippen LogP) is 2.01. The second kappa shape index (κ2) is 8.88.